The van der Waals surface area contributed by atoms with Crippen LogP contribution in [0.2, 0.25) is 0 Å². The third-order valence-corrected chi connectivity index (χ3v) is 3.98. The van der Waals surface area contributed by atoms with Crippen molar-refractivity contribution in [3.8, 4) is 0 Å². The number of nitrogens with zero attached hydrogens (tertiary/aromatic N) is 2. The minimum absolute atomic E-state index is 0. The van der Waals surface area contributed by atoms with Crippen LogP contribution < -0.4 is 11.1 Å². The number of carbonyl (C=O) groups excluding carboxylic acids is 1. The molecule has 8 heteroatoms. The minimum Gasteiger partial charge on any atom is -0.352 e. The van der Waals surface area contributed by atoms with Gasteiger partial charge in [-0.3, -0.25) is 4.79 Å². The molecule has 1 heterocycles. The van der Waals surface area contributed by atoms with Gasteiger partial charge >= 0.3 is 0 Å². The highest BCUT2D eigenvalue weighted by molar-refractivity contribution is 5.94. The molecule has 0 spiro atoms. The zero-order valence-corrected chi connectivity index (χ0v) is 16.5. The summed E-state index contributed by atoms with van der Waals surface area (Å²) < 4.78 is 0. The van der Waals surface area contributed by atoms with Crippen molar-refractivity contribution in [2.45, 2.75) is 13.0 Å². The van der Waals surface area contributed by atoms with Crippen molar-refractivity contribution in [2.24, 2.45) is 5.73 Å². The van der Waals surface area contributed by atoms with Gasteiger partial charge in [0.15, 0.2) is 0 Å². The Morgan fingerprint density at radius 1 is 1.08 bits per heavy atom. The zero-order valence-electron chi connectivity index (χ0n) is 14.1. The highest BCUT2D eigenvalue weighted by atomic mass is 35.5. The van der Waals surface area contributed by atoms with Crippen LogP contribution in [0.5, 0.6) is 0 Å². The lowest BCUT2D eigenvalue weighted by Gasteiger charge is -2.32. The largest absolute Gasteiger partial charge is 0.352 e. The van der Waals surface area contributed by atoms with E-state index < -0.39 is 0 Å². The molecule has 0 atom stereocenters. The summed E-state index contributed by atoms with van der Waals surface area (Å²) >= 11 is 0. The summed E-state index contributed by atoms with van der Waals surface area (Å²) in [6, 6.07) is 7.47. The van der Waals surface area contributed by atoms with Crippen LogP contribution in [0.15, 0.2) is 24.3 Å². The third-order valence-electron chi connectivity index (χ3n) is 3.98. The number of nitrogens with two attached hydrogens (primary N) is 1. The Balaban J connectivity index is 0. The summed E-state index contributed by atoms with van der Waals surface area (Å²) in [4.78, 5) is 16.8. The lowest BCUT2D eigenvalue weighted by molar-refractivity contribution is 0.0949. The Bertz CT molecular complexity index is 451. The normalized spacial score (nSPS) is 14.8. The van der Waals surface area contributed by atoms with Gasteiger partial charge in [-0.1, -0.05) is 12.1 Å². The minimum atomic E-state index is -0.00283. The van der Waals surface area contributed by atoms with E-state index in [0.29, 0.717) is 12.1 Å². The van der Waals surface area contributed by atoms with Crippen molar-refractivity contribution in [3.05, 3.63) is 35.4 Å². The average molecular weight is 400 g/mol. The van der Waals surface area contributed by atoms with E-state index in [4.69, 9.17) is 5.73 Å². The number of nitrogens with one attached hydrogen (secondary N) is 1. The molecule has 1 fully saturated rings. The summed E-state index contributed by atoms with van der Waals surface area (Å²) in [6.07, 6.45) is 0.996. The van der Waals surface area contributed by atoms with Crippen LogP contribution in [0, 0.1) is 0 Å². The molecule has 0 saturated carbocycles. The predicted molar refractivity (Wildman–Crippen MR) is 107 cm³/mol. The SMILES string of the molecule is CN1CCN(CCCNC(=O)c2ccc(CN)cc2)CC1.Cl.Cl.Cl. The fourth-order valence-corrected chi connectivity index (χ4v) is 2.47. The van der Waals surface area contributed by atoms with Crippen LogP contribution >= 0.6 is 37.2 Å². The van der Waals surface area contributed by atoms with Gasteiger partial charge in [0.2, 0.25) is 0 Å². The van der Waals surface area contributed by atoms with E-state index in [-0.39, 0.29) is 43.1 Å². The summed E-state index contributed by atoms with van der Waals surface area (Å²) in [5, 5.41) is 2.98. The molecule has 0 aromatic heterocycles. The molecule has 140 valence electrons. The summed E-state index contributed by atoms with van der Waals surface area (Å²) in [7, 11) is 2.16. The van der Waals surface area contributed by atoms with Gasteiger partial charge in [-0.25, -0.2) is 0 Å². The van der Waals surface area contributed by atoms with E-state index in [0.717, 1.165) is 51.3 Å². The number of hydrogen-bond acceptors (Lipinski definition) is 4. The Morgan fingerprint density at radius 3 is 2.21 bits per heavy atom. The van der Waals surface area contributed by atoms with Crippen LogP contribution in [0.4, 0.5) is 0 Å². The molecule has 0 bridgehead atoms. The molecular weight excluding hydrogens is 371 g/mol. The smallest absolute Gasteiger partial charge is 0.251 e. The van der Waals surface area contributed by atoms with E-state index in [1.807, 2.05) is 24.3 Å². The van der Waals surface area contributed by atoms with Crippen molar-refractivity contribution in [1.82, 2.24) is 15.1 Å². The van der Waals surface area contributed by atoms with E-state index in [1.165, 1.54) is 0 Å². The Labute approximate surface area is 163 Å². The number of piperazine rings is 1. The fraction of sp³-hybridized carbons (Fsp3) is 0.562. The molecule has 5 nitrogen and oxygen atoms in total. The van der Waals surface area contributed by atoms with Crippen molar-refractivity contribution in [2.75, 3.05) is 46.3 Å². The molecule has 0 aliphatic carbocycles. The first-order chi connectivity index (χ1) is 10.2. The van der Waals surface area contributed by atoms with Crippen molar-refractivity contribution >= 4 is 43.1 Å². The van der Waals surface area contributed by atoms with E-state index in [9.17, 15) is 4.79 Å². The molecule has 1 amide bonds. The van der Waals surface area contributed by atoms with Crippen LogP contribution in [-0.2, 0) is 6.54 Å². The lowest BCUT2D eigenvalue weighted by Crippen LogP contribution is -2.45. The first-order valence-electron chi connectivity index (χ1n) is 7.67. The van der Waals surface area contributed by atoms with Crippen LogP contribution in [0.1, 0.15) is 22.3 Å². The number of likely N-dealkylation sites (N-methyl/N-ethyl adjacent to an activating group) is 1. The highest BCUT2D eigenvalue weighted by Crippen LogP contribution is 2.04. The molecule has 1 aromatic rings. The molecule has 2 rings (SSSR count). The quantitative estimate of drug-likeness (QED) is 0.716. The lowest BCUT2D eigenvalue weighted by atomic mass is 10.1. The van der Waals surface area contributed by atoms with E-state index in [1.54, 1.807) is 0 Å². The van der Waals surface area contributed by atoms with Crippen LogP contribution in [0.25, 0.3) is 0 Å². The zero-order chi connectivity index (χ0) is 15.1. The molecule has 1 aliphatic rings. The number of hydrogen-bond donors (Lipinski definition) is 2. The van der Waals surface area contributed by atoms with Crippen molar-refractivity contribution in [3.63, 3.8) is 0 Å². The Hall–Kier alpha value is -0.560. The van der Waals surface area contributed by atoms with E-state index in [2.05, 4.69) is 22.2 Å². The van der Waals surface area contributed by atoms with Gasteiger partial charge in [-0.2, -0.15) is 0 Å². The number of amides is 1. The van der Waals surface area contributed by atoms with Gasteiger partial charge in [0, 0.05) is 44.8 Å². The Kier molecular flexibility index (Phi) is 14.7. The maximum Gasteiger partial charge on any atom is 0.251 e. The first kappa shape index (κ1) is 25.7. The number of carbonyl (C=O) groups is 1. The van der Waals surface area contributed by atoms with Gasteiger partial charge in [-0.05, 0) is 37.7 Å². The van der Waals surface area contributed by atoms with Crippen LogP contribution in [-0.4, -0.2) is 62.0 Å². The highest BCUT2D eigenvalue weighted by Gasteiger charge is 2.13. The Morgan fingerprint density at radius 2 is 1.67 bits per heavy atom. The summed E-state index contributed by atoms with van der Waals surface area (Å²) in [6.45, 7) is 6.83. The second kappa shape index (κ2) is 13.7. The maximum atomic E-state index is 12.0. The molecule has 1 aliphatic heterocycles. The van der Waals surface area contributed by atoms with Gasteiger partial charge in [0.25, 0.3) is 5.91 Å². The third kappa shape index (κ3) is 8.51. The summed E-state index contributed by atoms with van der Waals surface area (Å²) in [5.74, 6) is -0.00283. The van der Waals surface area contributed by atoms with E-state index >= 15 is 0 Å². The van der Waals surface area contributed by atoms with Gasteiger partial charge < -0.3 is 20.9 Å². The molecule has 0 unspecified atom stereocenters. The topological polar surface area (TPSA) is 61.6 Å². The predicted octanol–water partition coefficient (Wildman–Crippen LogP) is 1.78. The first-order valence-corrected chi connectivity index (χ1v) is 7.67. The van der Waals surface area contributed by atoms with Crippen LogP contribution in [0.3, 0.4) is 0 Å². The maximum absolute atomic E-state index is 12.0. The van der Waals surface area contributed by atoms with Gasteiger partial charge in [-0.15, -0.1) is 37.2 Å². The molecule has 1 saturated heterocycles. The number of benzene rings is 1. The van der Waals surface area contributed by atoms with Gasteiger partial charge in [0.1, 0.15) is 0 Å². The average Bonchev–Trinajstić information content (AvgIpc) is 2.53. The molecule has 1 aromatic carbocycles. The fourth-order valence-electron chi connectivity index (χ4n) is 2.47. The number of rotatable bonds is 6. The molecule has 24 heavy (non-hydrogen) atoms. The standard InChI is InChI=1S/C16H26N4O.3ClH/c1-19-9-11-20(12-10-19)8-2-7-18-16(21)15-5-3-14(13-17)4-6-15;;;/h3-6H,2,7-13,17H2,1H3,(H,18,21);3*1H. The second-order valence-electron chi connectivity index (χ2n) is 5.66. The molecular formula is C16H29Cl3N4O. The second-order valence-corrected chi connectivity index (χ2v) is 5.66. The van der Waals surface area contributed by atoms with Gasteiger partial charge in [0.05, 0.1) is 0 Å². The molecule has 0 radical (unpaired) electrons. The summed E-state index contributed by atoms with van der Waals surface area (Å²) in [5.41, 5.74) is 7.29. The monoisotopic (exact) mass is 398 g/mol. The van der Waals surface area contributed by atoms with Crippen molar-refractivity contribution < 1.29 is 4.79 Å². The number of halogens is 3. The van der Waals surface area contributed by atoms with Crippen molar-refractivity contribution in [1.29, 1.82) is 0 Å². The molecule has 3 N–H and O–H groups in total.